The zero-order valence-electron chi connectivity index (χ0n) is 22.3. The quantitative estimate of drug-likeness (QED) is 0.270. The summed E-state index contributed by atoms with van der Waals surface area (Å²) in [5.74, 6) is 0.168. The molecule has 0 aromatic heterocycles. The van der Waals surface area contributed by atoms with Gasteiger partial charge in [0.25, 0.3) is 11.7 Å². The Morgan fingerprint density at radius 3 is 2.32 bits per heavy atom. The average Bonchev–Trinajstić information content (AvgIpc) is 3.19. The van der Waals surface area contributed by atoms with Crippen molar-refractivity contribution < 1.29 is 33.6 Å². The van der Waals surface area contributed by atoms with Crippen molar-refractivity contribution in [3.8, 4) is 17.2 Å². The molecular weight excluding hydrogens is 488 g/mol. The fourth-order valence-corrected chi connectivity index (χ4v) is 4.89. The average molecular weight is 525 g/mol. The molecule has 1 amide bonds. The van der Waals surface area contributed by atoms with Crippen LogP contribution in [0.4, 0.5) is 0 Å². The number of methoxy groups -OCH3 is 1. The molecule has 0 spiro atoms. The van der Waals surface area contributed by atoms with Gasteiger partial charge in [-0.25, -0.2) is 0 Å². The molecule has 0 radical (unpaired) electrons. The van der Waals surface area contributed by atoms with Gasteiger partial charge >= 0.3 is 0 Å². The minimum Gasteiger partial charge on any atom is -0.507 e. The van der Waals surface area contributed by atoms with Gasteiger partial charge in [-0.05, 0) is 62.2 Å². The van der Waals surface area contributed by atoms with Gasteiger partial charge in [0.05, 0.1) is 45.2 Å². The third-order valence-electron chi connectivity index (χ3n) is 6.76. The van der Waals surface area contributed by atoms with Crippen LogP contribution in [0.1, 0.15) is 37.4 Å². The molecule has 0 unspecified atom stereocenters. The number of hydrogen-bond donors (Lipinski definition) is 1. The van der Waals surface area contributed by atoms with Crippen molar-refractivity contribution in [1.29, 1.82) is 0 Å². The maximum Gasteiger partial charge on any atom is 0.295 e. The lowest BCUT2D eigenvalue weighted by molar-refractivity contribution is -0.140. The van der Waals surface area contributed by atoms with Gasteiger partial charge < -0.3 is 29.0 Å². The highest BCUT2D eigenvalue weighted by molar-refractivity contribution is 6.46. The summed E-state index contributed by atoms with van der Waals surface area (Å²) >= 11 is 0. The van der Waals surface area contributed by atoms with Crippen LogP contribution in [0.3, 0.4) is 0 Å². The number of Topliss-reactive ketones (excluding diaryl/α,β-unsaturated/α-hetero) is 1. The van der Waals surface area contributed by atoms with Crippen LogP contribution in [0.2, 0.25) is 0 Å². The summed E-state index contributed by atoms with van der Waals surface area (Å²) in [6, 6.07) is 11.4. The summed E-state index contributed by atoms with van der Waals surface area (Å²) in [5.41, 5.74) is 1.15. The van der Waals surface area contributed by atoms with E-state index in [0.717, 1.165) is 19.6 Å². The first-order valence-electron chi connectivity index (χ1n) is 13.1. The van der Waals surface area contributed by atoms with Crippen molar-refractivity contribution in [3.63, 3.8) is 0 Å². The van der Waals surface area contributed by atoms with Gasteiger partial charge in [0, 0.05) is 31.7 Å². The zero-order chi connectivity index (χ0) is 27.1. The Kier molecular flexibility index (Phi) is 9.25. The number of nitrogens with zero attached hydrogens (tertiary/aromatic N) is 2. The van der Waals surface area contributed by atoms with Crippen LogP contribution in [0, 0.1) is 0 Å². The Labute approximate surface area is 223 Å². The maximum atomic E-state index is 13.4. The van der Waals surface area contributed by atoms with Crippen molar-refractivity contribution >= 4 is 17.4 Å². The SMILES string of the molecule is CCOc1ccc([C@H]2C(=C(O)c3ccc(OC)cc3)C(=O)C(=O)N2CCCN2CCOCC2)cc1OCC. The van der Waals surface area contributed by atoms with Gasteiger partial charge in [0.15, 0.2) is 11.5 Å². The largest absolute Gasteiger partial charge is 0.507 e. The first kappa shape index (κ1) is 27.5. The summed E-state index contributed by atoms with van der Waals surface area (Å²) in [6.07, 6.45) is 0.682. The van der Waals surface area contributed by atoms with Crippen LogP contribution < -0.4 is 14.2 Å². The number of carbonyl (C=O) groups excluding carboxylic acids is 2. The lowest BCUT2D eigenvalue weighted by atomic mass is 9.95. The highest BCUT2D eigenvalue weighted by atomic mass is 16.5. The van der Waals surface area contributed by atoms with Crippen molar-refractivity contribution in [3.05, 3.63) is 59.2 Å². The number of ether oxygens (including phenoxy) is 4. The molecule has 2 heterocycles. The predicted molar refractivity (Wildman–Crippen MR) is 143 cm³/mol. The number of hydrogen-bond acceptors (Lipinski definition) is 8. The van der Waals surface area contributed by atoms with Crippen LogP contribution in [-0.2, 0) is 14.3 Å². The molecule has 2 fully saturated rings. The number of rotatable bonds is 11. The van der Waals surface area contributed by atoms with E-state index in [1.165, 1.54) is 0 Å². The normalized spacial score (nSPS) is 19.6. The summed E-state index contributed by atoms with van der Waals surface area (Å²) < 4.78 is 22.2. The number of benzene rings is 2. The number of amides is 1. The molecule has 2 aromatic carbocycles. The van der Waals surface area contributed by atoms with Crippen LogP contribution in [0.25, 0.3) is 5.76 Å². The molecule has 4 rings (SSSR count). The van der Waals surface area contributed by atoms with Gasteiger partial charge in [-0.2, -0.15) is 0 Å². The fourth-order valence-electron chi connectivity index (χ4n) is 4.89. The van der Waals surface area contributed by atoms with Gasteiger partial charge in [-0.1, -0.05) is 6.07 Å². The number of morpholine rings is 1. The maximum absolute atomic E-state index is 13.4. The lowest BCUT2D eigenvalue weighted by Crippen LogP contribution is -2.39. The second-order valence-electron chi connectivity index (χ2n) is 9.10. The Morgan fingerprint density at radius 2 is 1.66 bits per heavy atom. The first-order chi connectivity index (χ1) is 18.5. The van der Waals surface area contributed by atoms with Gasteiger partial charge in [0.1, 0.15) is 11.5 Å². The van der Waals surface area contributed by atoms with E-state index >= 15 is 0 Å². The van der Waals surface area contributed by atoms with Crippen LogP contribution in [0.15, 0.2) is 48.0 Å². The smallest absolute Gasteiger partial charge is 0.295 e. The molecule has 1 N–H and O–H groups in total. The molecule has 0 bridgehead atoms. The van der Waals surface area contributed by atoms with E-state index in [0.29, 0.717) is 67.8 Å². The third kappa shape index (κ3) is 5.95. The van der Waals surface area contributed by atoms with Gasteiger partial charge in [0.2, 0.25) is 0 Å². The molecule has 38 heavy (non-hydrogen) atoms. The number of aliphatic hydroxyl groups excluding tert-OH is 1. The van der Waals surface area contributed by atoms with Crippen LogP contribution in [-0.4, -0.2) is 86.3 Å². The molecule has 2 saturated heterocycles. The summed E-state index contributed by atoms with van der Waals surface area (Å²) in [6.45, 7) is 8.88. The Bertz CT molecular complexity index is 1160. The van der Waals surface area contributed by atoms with Crippen LogP contribution >= 0.6 is 0 Å². The highest BCUT2D eigenvalue weighted by Crippen LogP contribution is 2.42. The predicted octanol–water partition coefficient (Wildman–Crippen LogP) is 3.64. The van der Waals surface area contributed by atoms with E-state index in [2.05, 4.69) is 4.90 Å². The van der Waals surface area contributed by atoms with Gasteiger partial charge in [-0.15, -0.1) is 0 Å². The van der Waals surface area contributed by atoms with E-state index in [1.807, 2.05) is 19.9 Å². The van der Waals surface area contributed by atoms with E-state index in [-0.39, 0.29) is 11.3 Å². The summed E-state index contributed by atoms with van der Waals surface area (Å²) in [4.78, 5) is 30.5. The standard InChI is InChI=1S/C29H36N2O7/c1-4-37-23-12-9-21(19-24(23)38-5-2)26-25(27(32)20-7-10-22(35-3)11-8-20)28(33)29(34)31(26)14-6-13-30-15-17-36-18-16-30/h7-12,19,26,32H,4-6,13-18H2,1-3H3/t26-/m0/s1. The molecule has 204 valence electrons. The topological polar surface area (TPSA) is 97.8 Å². The molecule has 1 atom stereocenters. The second kappa shape index (κ2) is 12.8. The Morgan fingerprint density at radius 1 is 0.974 bits per heavy atom. The minimum atomic E-state index is -0.767. The number of aliphatic hydroxyl groups is 1. The number of likely N-dealkylation sites (tertiary alicyclic amines) is 1. The van der Waals surface area contributed by atoms with E-state index in [9.17, 15) is 14.7 Å². The highest BCUT2D eigenvalue weighted by Gasteiger charge is 2.46. The van der Waals surface area contributed by atoms with Crippen molar-refractivity contribution in [2.75, 3.05) is 59.7 Å². The molecular formula is C29H36N2O7. The van der Waals surface area contributed by atoms with Crippen molar-refractivity contribution in [2.45, 2.75) is 26.3 Å². The summed E-state index contributed by atoms with van der Waals surface area (Å²) in [7, 11) is 1.55. The Hall–Kier alpha value is -3.56. The molecule has 9 heteroatoms. The number of ketones is 1. The summed E-state index contributed by atoms with van der Waals surface area (Å²) in [5, 5.41) is 11.3. The van der Waals surface area contributed by atoms with E-state index < -0.39 is 17.7 Å². The second-order valence-corrected chi connectivity index (χ2v) is 9.10. The monoisotopic (exact) mass is 524 g/mol. The fraction of sp³-hybridized carbons (Fsp3) is 0.448. The molecule has 0 saturated carbocycles. The van der Waals surface area contributed by atoms with Gasteiger partial charge in [-0.3, -0.25) is 14.5 Å². The molecule has 0 aliphatic carbocycles. The molecule has 2 aromatic rings. The zero-order valence-corrected chi connectivity index (χ0v) is 22.3. The van der Waals surface area contributed by atoms with Crippen molar-refractivity contribution in [2.24, 2.45) is 0 Å². The minimum absolute atomic E-state index is 0.0538. The number of carbonyl (C=O) groups is 2. The molecule has 9 nitrogen and oxygen atoms in total. The first-order valence-corrected chi connectivity index (χ1v) is 13.1. The third-order valence-corrected chi connectivity index (χ3v) is 6.76. The lowest BCUT2D eigenvalue weighted by Gasteiger charge is -2.29. The molecule has 2 aliphatic heterocycles. The van der Waals surface area contributed by atoms with Crippen molar-refractivity contribution in [1.82, 2.24) is 9.80 Å². The van der Waals surface area contributed by atoms with Crippen LogP contribution in [0.5, 0.6) is 17.2 Å². The van der Waals surface area contributed by atoms with E-state index in [1.54, 1.807) is 48.4 Å². The van der Waals surface area contributed by atoms with E-state index in [4.69, 9.17) is 18.9 Å². The molecule has 2 aliphatic rings. The Balaban J connectivity index is 1.72.